The van der Waals surface area contributed by atoms with Crippen molar-refractivity contribution in [2.45, 2.75) is 317 Å². The van der Waals surface area contributed by atoms with Crippen LogP contribution in [-0.2, 0) is 28.6 Å². The number of carbonyl (C=O) groups excluding carboxylic acids is 3. The highest BCUT2D eigenvalue weighted by atomic mass is 16.6. The first kappa shape index (κ1) is 60.4. The normalized spacial score (nSPS) is 12.5. The summed E-state index contributed by atoms with van der Waals surface area (Å²) >= 11 is 0. The van der Waals surface area contributed by atoms with Gasteiger partial charge in [-0.25, -0.2) is 0 Å². The second-order valence-electron chi connectivity index (χ2n) is 19.9. The monoisotopic (exact) mass is 877 g/mol. The molecule has 6 heteroatoms. The second-order valence-corrected chi connectivity index (χ2v) is 19.9. The Balaban J connectivity index is 4.20. The molecule has 0 aromatic heterocycles. The third kappa shape index (κ3) is 47.9. The van der Waals surface area contributed by atoms with Gasteiger partial charge in [0.05, 0.1) is 0 Å². The summed E-state index contributed by atoms with van der Waals surface area (Å²) in [7, 11) is 0. The lowest BCUT2D eigenvalue weighted by atomic mass is 9.99. The summed E-state index contributed by atoms with van der Waals surface area (Å²) < 4.78 is 16.8. The SMILES string of the molecule is CCCCCCCCCCCC(=O)O[C@H](COC(=O)CCCCCCCCCCCCCCCCC(C)C)COC(=O)CCCCCCCCCCCCCCCCC(C)CC. The molecular formula is C56H108O6. The Hall–Kier alpha value is -1.59. The van der Waals surface area contributed by atoms with Gasteiger partial charge >= 0.3 is 17.9 Å². The van der Waals surface area contributed by atoms with Gasteiger partial charge < -0.3 is 14.2 Å². The number of rotatable bonds is 50. The third-order valence-electron chi connectivity index (χ3n) is 13.1. The van der Waals surface area contributed by atoms with Crippen molar-refractivity contribution >= 4 is 17.9 Å². The zero-order chi connectivity index (χ0) is 45.4. The van der Waals surface area contributed by atoms with E-state index in [9.17, 15) is 14.4 Å². The van der Waals surface area contributed by atoms with Gasteiger partial charge in [0.25, 0.3) is 0 Å². The molecule has 62 heavy (non-hydrogen) atoms. The number of ether oxygens (including phenoxy) is 3. The maximum absolute atomic E-state index is 12.7. The summed E-state index contributed by atoms with van der Waals surface area (Å²) in [6, 6.07) is 0. The fraction of sp³-hybridized carbons (Fsp3) is 0.946. The van der Waals surface area contributed by atoms with Gasteiger partial charge in [0.2, 0.25) is 0 Å². The number of unbranched alkanes of at least 4 members (excludes halogenated alkanes) is 34. The Morgan fingerprint density at radius 3 is 0.919 bits per heavy atom. The molecule has 0 heterocycles. The van der Waals surface area contributed by atoms with E-state index in [4.69, 9.17) is 14.2 Å². The maximum atomic E-state index is 12.7. The van der Waals surface area contributed by atoms with Crippen LogP contribution in [0.3, 0.4) is 0 Å². The molecule has 0 aromatic carbocycles. The number of hydrogen-bond acceptors (Lipinski definition) is 6. The molecule has 368 valence electrons. The smallest absolute Gasteiger partial charge is 0.306 e. The van der Waals surface area contributed by atoms with Gasteiger partial charge in [-0.1, -0.05) is 272 Å². The first-order chi connectivity index (χ1) is 30.3. The average Bonchev–Trinajstić information content (AvgIpc) is 3.26. The van der Waals surface area contributed by atoms with E-state index in [0.29, 0.717) is 19.3 Å². The molecule has 2 atom stereocenters. The highest BCUT2D eigenvalue weighted by molar-refractivity contribution is 5.71. The Morgan fingerprint density at radius 1 is 0.339 bits per heavy atom. The predicted molar refractivity (Wildman–Crippen MR) is 266 cm³/mol. The van der Waals surface area contributed by atoms with Crippen LogP contribution in [0.1, 0.15) is 311 Å². The molecule has 1 unspecified atom stereocenters. The minimum atomic E-state index is -0.761. The summed E-state index contributed by atoms with van der Waals surface area (Å²) in [5, 5.41) is 0. The van der Waals surface area contributed by atoms with Crippen molar-refractivity contribution in [3.8, 4) is 0 Å². The van der Waals surface area contributed by atoms with Crippen molar-refractivity contribution in [2.24, 2.45) is 11.8 Å². The average molecular weight is 877 g/mol. The number of hydrogen-bond donors (Lipinski definition) is 0. The Kier molecular flexibility index (Phi) is 47.6. The zero-order valence-electron chi connectivity index (χ0n) is 42.5. The van der Waals surface area contributed by atoms with Gasteiger partial charge in [-0.2, -0.15) is 0 Å². The summed E-state index contributed by atoms with van der Waals surface area (Å²) in [6.07, 6.45) is 50.9. The van der Waals surface area contributed by atoms with Gasteiger partial charge in [0.1, 0.15) is 13.2 Å². The van der Waals surface area contributed by atoms with Crippen LogP contribution in [0.25, 0.3) is 0 Å². The first-order valence-corrected chi connectivity index (χ1v) is 27.8. The van der Waals surface area contributed by atoms with Crippen LogP contribution in [0.15, 0.2) is 0 Å². The molecular weight excluding hydrogens is 769 g/mol. The van der Waals surface area contributed by atoms with E-state index in [1.54, 1.807) is 0 Å². The fourth-order valence-electron chi connectivity index (χ4n) is 8.49. The van der Waals surface area contributed by atoms with Crippen molar-refractivity contribution < 1.29 is 28.6 Å². The minimum Gasteiger partial charge on any atom is -0.462 e. The van der Waals surface area contributed by atoms with Crippen molar-refractivity contribution in [3.63, 3.8) is 0 Å². The van der Waals surface area contributed by atoms with Crippen molar-refractivity contribution in [3.05, 3.63) is 0 Å². The van der Waals surface area contributed by atoms with E-state index in [1.807, 2.05) is 0 Å². The van der Waals surface area contributed by atoms with Crippen molar-refractivity contribution in [1.29, 1.82) is 0 Å². The van der Waals surface area contributed by atoms with E-state index >= 15 is 0 Å². The van der Waals surface area contributed by atoms with E-state index in [-0.39, 0.29) is 31.1 Å². The van der Waals surface area contributed by atoms with E-state index in [2.05, 4.69) is 34.6 Å². The molecule has 0 saturated heterocycles. The van der Waals surface area contributed by atoms with Crippen molar-refractivity contribution in [1.82, 2.24) is 0 Å². The molecule has 0 N–H and O–H groups in total. The zero-order valence-corrected chi connectivity index (χ0v) is 42.5. The molecule has 0 amide bonds. The van der Waals surface area contributed by atoms with Gasteiger partial charge in [-0.3, -0.25) is 14.4 Å². The van der Waals surface area contributed by atoms with Crippen LogP contribution in [0.5, 0.6) is 0 Å². The lowest BCUT2D eigenvalue weighted by Crippen LogP contribution is -2.30. The molecule has 0 fully saturated rings. The largest absolute Gasteiger partial charge is 0.462 e. The number of esters is 3. The van der Waals surface area contributed by atoms with Crippen LogP contribution in [0.4, 0.5) is 0 Å². The van der Waals surface area contributed by atoms with Crippen LogP contribution in [0.2, 0.25) is 0 Å². The van der Waals surface area contributed by atoms with Crippen molar-refractivity contribution in [2.75, 3.05) is 13.2 Å². The molecule has 0 spiro atoms. The molecule has 0 aliphatic heterocycles. The van der Waals surface area contributed by atoms with Gasteiger partial charge in [-0.15, -0.1) is 0 Å². The van der Waals surface area contributed by atoms with Crippen LogP contribution in [0, 0.1) is 11.8 Å². The van der Waals surface area contributed by atoms with Crippen LogP contribution in [-0.4, -0.2) is 37.2 Å². The second kappa shape index (κ2) is 48.9. The van der Waals surface area contributed by atoms with Gasteiger partial charge in [0.15, 0.2) is 6.10 Å². The summed E-state index contributed by atoms with van der Waals surface area (Å²) in [6.45, 7) is 11.4. The first-order valence-electron chi connectivity index (χ1n) is 27.8. The maximum Gasteiger partial charge on any atom is 0.306 e. The standard InChI is InChI=1S/C56H108O6/c1-6-8-9-10-11-24-33-38-43-48-56(59)62-53(49-60-54(57)46-41-36-31-27-22-18-14-12-16-20-25-29-34-39-44-51(3)4)50-61-55(58)47-42-37-32-28-23-19-15-13-17-21-26-30-35-40-45-52(5)7-2/h51-53H,6-50H2,1-5H3/t52?,53-/m1/s1. The molecule has 0 aliphatic rings. The summed E-state index contributed by atoms with van der Waals surface area (Å²) in [5.41, 5.74) is 0. The lowest BCUT2D eigenvalue weighted by molar-refractivity contribution is -0.167. The lowest BCUT2D eigenvalue weighted by Gasteiger charge is -2.18. The molecule has 0 radical (unpaired) electrons. The fourth-order valence-corrected chi connectivity index (χ4v) is 8.49. The topological polar surface area (TPSA) is 78.9 Å². The van der Waals surface area contributed by atoms with E-state index < -0.39 is 6.10 Å². The minimum absolute atomic E-state index is 0.0632. The van der Waals surface area contributed by atoms with Crippen LogP contribution >= 0.6 is 0 Å². The van der Waals surface area contributed by atoms with Gasteiger partial charge in [0, 0.05) is 19.3 Å². The predicted octanol–water partition coefficient (Wildman–Crippen LogP) is 18.1. The molecule has 0 bridgehead atoms. The molecule has 6 nitrogen and oxygen atoms in total. The number of carbonyl (C=O) groups is 3. The van der Waals surface area contributed by atoms with E-state index in [1.165, 1.54) is 199 Å². The highest BCUT2D eigenvalue weighted by Crippen LogP contribution is 2.18. The summed E-state index contributed by atoms with van der Waals surface area (Å²) in [4.78, 5) is 38.0. The molecule has 0 rings (SSSR count). The molecule has 0 aromatic rings. The Bertz CT molecular complexity index is 949. The van der Waals surface area contributed by atoms with E-state index in [0.717, 1.165) is 69.6 Å². The van der Waals surface area contributed by atoms with Crippen LogP contribution < -0.4 is 0 Å². The van der Waals surface area contributed by atoms with Gasteiger partial charge in [-0.05, 0) is 31.1 Å². The quantitative estimate of drug-likeness (QED) is 0.0344. The molecule has 0 aliphatic carbocycles. The highest BCUT2D eigenvalue weighted by Gasteiger charge is 2.19. The summed E-state index contributed by atoms with van der Waals surface area (Å²) in [5.74, 6) is 0.895. The Morgan fingerprint density at radius 2 is 0.613 bits per heavy atom. The third-order valence-corrected chi connectivity index (χ3v) is 13.1. The molecule has 0 saturated carbocycles. The Labute approximate surface area is 387 Å².